The van der Waals surface area contributed by atoms with Gasteiger partial charge in [-0.05, 0) is 58.3 Å². The second-order valence-electron chi connectivity index (χ2n) is 7.69. The van der Waals surface area contributed by atoms with Crippen LogP contribution in [-0.2, 0) is 10.0 Å². The van der Waals surface area contributed by atoms with Gasteiger partial charge in [-0.2, -0.15) is 0 Å². The molecular weight excluding hydrogens is 448 g/mol. The van der Waals surface area contributed by atoms with Crippen LogP contribution in [0.1, 0.15) is 13.8 Å². The Morgan fingerprint density at radius 1 is 1.22 bits per heavy atom. The number of hydrogen-bond acceptors (Lipinski definition) is 9. The van der Waals surface area contributed by atoms with Gasteiger partial charge in [0.05, 0.1) is 22.4 Å². The molecule has 0 atom stereocenters. The molecule has 9 nitrogen and oxygen atoms in total. The first kappa shape index (κ1) is 23.9. The third-order valence-corrected chi connectivity index (χ3v) is 5.98. The second kappa shape index (κ2) is 10.3. The van der Waals surface area contributed by atoms with E-state index >= 15 is 0 Å². The second-order valence-corrected chi connectivity index (χ2v) is 10.1. The van der Waals surface area contributed by atoms with Gasteiger partial charge in [-0.3, -0.25) is 0 Å². The van der Waals surface area contributed by atoms with E-state index < -0.39 is 10.0 Å². The van der Waals surface area contributed by atoms with Crippen molar-refractivity contribution in [1.29, 1.82) is 0 Å². The van der Waals surface area contributed by atoms with Gasteiger partial charge in [0, 0.05) is 30.2 Å². The lowest BCUT2D eigenvalue weighted by Gasteiger charge is -2.15. The fraction of sp³-hybridized carbons (Fsp3) is 0.333. The molecule has 0 fully saturated rings. The quantitative estimate of drug-likeness (QED) is 0.407. The van der Waals surface area contributed by atoms with Crippen LogP contribution in [0, 0.1) is 0 Å². The number of ether oxygens (including phenoxy) is 1. The van der Waals surface area contributed by atoms with E-state index in [2.05, 4.69) is 25.5 Å². The van der Waals surface area contributed by atoms with Crippen LogP contribution in [0.4, 0.5) is 16.6 Å². The van der Waals surface area contributed by atoms with E-state index in [1.165, 1.54) is 23.5 Å². The molecule has 0 aliphatic heterocycles. The minimum Gasteiger partial charge on any atom is -0.489 e. The third-order valence-electron chi connectivity index (χ3n) is 4.31. The number of pyridine rings is 1. The molecule has 172 valence electrons. The zero-order valence-electron chi connectivity index (χ0n) is 18.5. The Morgan fingerprint density at radius 3 is 2.62 bits per heavy atom. The van der Waals surface area contributed by atoms with Crippen molar-refractivity contribution in [2.45, 2.75) is 24.8 Å². The van der Waals surface area contributed by atoms with Crippen LogP contribution in [0.15, 0.2) is 46.8 Å². The smallest absolute Gasteiger partial charge is 0.238 e. The SMILES string of the molecule is CC(C)Oc1ccc(S(N)(=O)=O)cc1Nc1nc(-c2ccc(NCCN(C)C)nc2)cs1. The number of hydrogen-bond donors (Lipinski definition) is 3. The van der Waals surface area contributed by atoms with Gasteiger partial charge in [-0.15, -0.1) is 11.3 Å². The van der Waals surface area contributed by atoms with Crippen molar-refractivity contribution < 1.29 is 13.2 Å². The van der Waals surface area contributed by atoms with Gasteiger partial charge in [-0.1, -0.05) is 0 Å². The lowest BCUT2D eigenvalue weighted by atomic mass is 10.2. The lowest BCUT2D eigenvalue weighted by molar-refractivity contribution is 0.243. The molecule has 0 radical (unpaired) electrons. The maximum absolute atomic E-state index is 11.8. The molecule has 2 aromatic heterocycles. The normalized spacial score (nSPS) is 11.7. The van der Waals surface area contributed by atoms with Crippen LogP contribution in [-0.4, -0.2) is 56.6 Å². The fourth-order valence-corrected chi connectivity index (χ4v) is 4.05. The molecule has 4 N–H and O–H groups in total. The average molecular weight is 477 g/mol. The van der Waals surface area contributed by atoms with Crippen LogP contribution in [0.2, 0.25) is 0 Å². The number of rotatable bonds is 10. The first-order chi connectivity index (χ1) is 15.1. The number of nitrogens with two attached hydrogens (primary N) is 1. The molecule has 0 amide bonds. The van der Waals surface area contributed by atoms with Gasteiger partial charge >= 0.3 is 0 Å². The first-order valence-electron chi connectivity index (χ1n) is 10.0. The molecule has 3 aromatic rings. The largest absolute Gasteiger partial charge is 0.489 e. The lowest BCUT2D eigenvalue weighted by Crippen LogP contribution is -2.21. The Labute approximate surface area is 192 Å². The molecular formula is C21H28N6O3S2. The molecule has 0 saturated carbocycles. The van der Waals surface area contributed by atoms with E-state index in [1.54, 1.807) is 12.3 Å². The van der Waals surface area contributed by atoms with Crippen molar-refractivity contribution in [3.05, 3.63) is 41.9 Å². The minimum atomic E-state index is -3.85. The van der Waals surface area contributed by atoms with Crippen molar-refractivity contribution >= 4 is 38.0 Å². The number of aromatic nitrogens is 2. The number of thiazole rings is 1. The Balaban J connectivity index is 1.77. The van der Waals surface area contributed by atoms with Gasteiger partial charge < -0.3 is 20.3 Å². The van der Waals surface area contributed by atoms with Crippen molar-refractivity contribution in [1.82, 2.24) is 14.9 Å². The molecule has 0 bridgehead atoms. The predicted molar refractivity (Wildman–Crippen MR) is 129 cm³/mol. The summed E-state index contributed by atoms with van der Waals surface area (Å²) >= 11 is 1.39. The highest BCUT2D eigenvalue weighted by Gasteiger charge is 2.15. The molecule has 3 rings (SSSR count). The summed E-state index contributed by atoms with van der Waals surface area (Å²) in [6.07, 6.45) is 1.69. The zero-order valence-corrected chi connectivity index (χ0v) is 20.1. The number of benzene rings is 1. The number of nitrogens with one attached hydrogen (secondary N) is 2. The number of primary sulfonamides is 1. The Bertz CT molecular complexity index is 1140. The number of likely N-dealkylation sites (N-methyl/N-ethyl adjacent to an activating group) is 1. The summed E-state index contributed by atoms with van der Waals surface area (Å²) < 4.78 is 29.3. The summed E-state index contributed by atoms with van der Waals surface area (Å²) in [5.74, 6) is 1.32. The van der Waals surface area contributed by atoms with E-state index in [9.17, 15) is 8.42 Å². The van der Waals surface area contributed by atoms with Crippen molar-refractivity contribution in [3.63, 3.8) is 0 Å². The van der Waals surface area contributed by atoms with Crippen molar-refractivity contribution in [2.75, 3.05) is 37.8 Å². The number of sulfonamides is 1. The fourth-order valence-electron chi connectivity index (χ4n) is 2.78. The zero-order chi connectivity index (χ0) is 23.3. The van der Waals surface area contributed by atoms with Crippen LogP contribution in [0.5, 0.6) is 5.75 Å². The maximum atomic E-state index is 11.8. The Kier molecular flexibility index (Phi) is 7.67. The van der Waals surface area contributed by atoms with Gasteiger partial charge in [0.1, 0.15) is 11.6 Å². The number of nitrogens with zero attached hydrogens (tertiary/aromatic N) is 3. The first-order valence-corrected chi connectivity index (χ1v) is 12.5. The van der Waals surface area contributed by atoms with E-state index in [4.69, 9.17) is 9.88 Å². The molecule has 0 saturated heterocycles. The minimum absolute atomic E-state index is 0.00515. The third kappa shape index (κ3) is 6.63. The maximum Gasteiger partial charge on any atom is 0.238 e. The summed E-state index contributed by atoms with van der Waals surface area (Å²) in [4.78, 5) is 11.1. The standard InChI is InChI=1S/C21H28N6O3S2/c1-14(2)30-19-7-6-16(32(22,28)29)11-17(19)25-21-26-18(13-31-21)15-5-8-20(24-12-15)23-9-10-27(3)4/h5-8,11-14H,9-10H2,1-4H3,(H,23,24)(H,25,26)(H2,22,28,29). The molecule has 32 heavy (non-hydrogen) atoms. The summed E-state index contributed by atoms with van der Waals surface area (Å²) in [7, 11) is 0.200. The van der Waals surface area contributed by atoms with Crippen molar-refractivity contribution in [3.8, 4) is 17.0 Å². The summed E-state index contributed by atoms with van der Waals surface area (Å²) in [5.41, 5.74) is 2.12. The average Bonchev–Trinajstić information content (AvgIpc) is 3.17. The highest BCUT2D eigenvalue weighted by atomic mass is 32.2. The van der Waals surface area contributed by atoms with Gasteiger partial charge in [-0.25, -0.2) is 23.5 Å². The van der Waals surface area contributed by atoms with E-state index in [0.29, 0.717) is 16.6 Å². The van der Waals surface area contributed by atoms with E-state index in [0.717, 1.165) is 30.2 Å². The molecule has 0 spiro atoms. The Hall–Kier alpha value is -2.73. The molecule has 0 aliphatic carbocycles. The summed E-state index contributed by atoms with van der Waals surface area (Å²) in [5, 5.41) is 14.2. The van der Waals surface area contributed by atoms with Crippen LogP contribution >= 0.6 is 11.3 Å². The molecule has 0 aliphatic rings. The van der Waals surface area contributed by atoms with Gasteiger partial charge in [0.25, 0.3) is 0 Å². The molecule has 0 unspecified atom stereocenters. The van der Waals surface area contributed by atoms with Crippen LogP contribution in [0.3, 0.4) is 0 Å². The van der Waals surface area contributed by atoms with E-state index in [-0.39, 0.29) is 11.0 Å². The highest BCUT2D eigenvalue weighted by molar-refractivity contribution is 7.89. The molecule has 2 heterocycles. The number of anilines is 3. The monoisotopic (exact) mass is 476 g/mol. The van der Waals surface area contributed by atoms with Gasteiger partial charge in [0.2, 0.25) is 10.0 Å². The predicted octanol–water partition coefficient (Wildman–Crippen LogP) is 3.36. The molecule has 1 aromatic carbocycles. The highest BCUT2D eigenvalue weighted by Crippen LogP contribution is 2.33. The molecule has 11 heteroatoms. The topological polar surface area (TPSA) is 122 Å². The van der Waals surface area contributed by atoms with E-state index in [1.807, 2.05) is 45.5 Å². The van der Waals surface area contributed by atoms with Crippen LogP contribution < -0.4 is 20.5 Å². The summed E-state index contributed by atoms with van der Waals surface area (Å²) in [6.45, 7) is 5.51. The van der Waals surface area contributed by atoms with Crippen LogP contribution in [0.25, 0.3) is 11.3 Å². The Morgan fingerprint density at radius 2 is 2.00 bits per heavy atom. The summed E-state index contributed by atoms with van der Waals surface area (Å²) in [6, 6.07) is 8.33. The van der Waals surface area contributed by atoms with Gasteiger partial charge in [0.15, 0.2) is 5.13 Å². The van der Waals surface area contributed by atoms with Crippen molar-refractivity contribution in [2.24, 2.45) is 5.14 Å².